The molecule has 0 bridgehead atoms. The van der Waals surface area contributed by atoms with E-state index in [-0.39, 0.29) is 11.5 Å². The number of benzene rings is 1. The smallest absolute Gasteiger partial charge is 0.231 e. The van der Waals surface area contributed by atoms with Crippen molar-refractivity contribution in [3.05, 3.63) is 35.7 Å². The Morgan fingerprint density at radius 1 is 1.19 bits per heavy atom. The molecule has 2 aliphatic carbocycles. The van der Waals surface area contributed by atoms with Gasteiger partial charge in [0.1, 0.15) is 5.82 Å². The van der Waals surface area contributed by atoms with Gasteiger partial charge in [-0.25, -0.2) is 8.42 Å². The number of nitrogens with zero attached hydrogens (tertiary/aromatic N) is 4. The number of carbonyl (C=O) groups is 1. The molecular formula is C18H22N4O3S2. The first-order chi connectivity index (χ1) is 12.8. The summed E-state index contributed by atoms with van der Waals surface area (Å²) in [5.74, 6) is 1.91. The summed E-state index contributed by atoms with van der Waals surface area (Å²) in [4.78, 5) is 12.5. The van der Waals surface area contributed by atoms with Crippen LogP contribution in [0.3, 0.4) is 0 Å². The zero-order valence-corrected chi connectivity index (χ0v) is 17.0. The average molecular weight is 407 g/mol. The fraction of sp³-hybridized carbons (Fsp3) is 0.500. The van der Waals surface area contributed by atoms with Crippen molar-refractivity contribution < 1.29 is 13.2 Å². The minimum atomic E-state index is -3.32. The molecule has 0 N–H and O–H groups in total. The monoisotopic (exact) mass is 406 g/mol. The summed E-state index contributed by atoms with van der Waals surface area (Å²) in [5.41, 5.74) is 1.09. The number of thioether (sulfide) groups is 1. The molecule has 144 valence electrons. The van der Waals surface area contributed by atoms with E-state index in [0.717, 1.165) is 30.1 Å². The Morgan fingerprint density at radius 2 is 1.85 bits per heavy atom. The lowest BCUT2D eigenvalue weighted by atomic mass is 10.1. The molecule has 27 heavy (non-hydrogen) atoms. The quantitative estimate of drug-likeness (QED) is 0.495. The fourth-order valence-electron chi connectivity index (χ4n) is 2.94. The molecule has 2 fully saturated rings. The maximum Gasteiger partial charge on any atom is 0.231 e. The molecule has 0 amide bonds. The number of Topliss-reactive ketones (excluding diaryl/α,β-unsaturated/α-hetero) is 1. The van der Waals surface area contributed by atoms with Gasteiger partial charge in [-0.2, -0.15) is 0 Å². The van der Waals surface area contributed by atoms with Crippen molar-refractivity contribution in [1.29, 1.82) is 0 Å². The van der Waals surface area contributed by atoms with Gasteiger partial charge in [-0.05, 0) is 49.9 Å². The van der Waals surface area contributed by atoms with Crippen molar-refractivity contribution in [3.8, 4) is 0 Å². The van der Waals surface area contributed by atoms with E-state index in [1.54, 1.807) is 24.3 Å². The van der Waals surface area contributed by atoms with E-state index in [0.29, 0.717) is 23.2 Å². The third kappa shape index (κ3) is 4.03. The number of hydrogen-bond acceptors (Lipinski definition) is 6. The molecular weight excluding hydrogens is 384 g/mol. The van der Waals surface area contributed by atoms with Crippen LogP contribution in [0.15, 0.2) is 29.4 Å². The SMILES string of the molecule is CN(c1ccc(C(=O)CSc2nnc(C3CC3)n2C2CC2)cc1)S(C)(=O)=O. The number of rotatable bonds is 8. The highest BCUT2D eigenvalue weighted by Gasteiger charge is 2.36. The molecule has 0 radical (unpaired) electrons. The van der Waals surface area contributed by atoms with Gasteiger partial charge in [0.15, 0.2) is 10.9 Å². The largest absolute Gasteiger partial charge is 0.303 e. The highest BCUT2D eigenvalue weighted by atomic mass is 32.2. The Kier molecular flexibility index (Phi) is 4.75. The minimum absolute atomic E-state index is 0.00752. The Balaban J connectivity index is 1.43. The van der Waals surface area contributed by atoms with E-state index in [9.17, 15) is 13.2 Å². The zero-order valence-electron chi connectivity index (χ0n) is 15.3. The van der Waals surface area contributed by atoms with Crippen LogP contribution in [0.4, 0.5) is 5.69 Å². The van der Waals surface area contributed by atoms with Gasteiger partial charge in [-0.15, -0.1) is 10.2 Å². The first kappa shape index (κ1) is 18.5. The van der Waals surface area contributed by atoms with Gasteiger partial charge < -0.3 is 4.57 Å². The van der Waals surface area contributed by atoms with Crippen LogP contribution in [0.2, 0.25) is 0 Å². The van der Waals surface area contributed by atoms with Gasteiger partial charge in [0, 0.05) is 24.6 Å². The minimum Gasteiger partial charge on any atom is -0.303 e. The molecule has 4 rings (SSSR count). The van der Waals surface area contributed by atoms with E-state index in [4.69, 9.17) is 0 Å². The van der Waals surface area contributed by atoms with Gasteiger partial charge >= 0.3 is 0 Å². The van der Waals surface area contributed by atoms with Crippen LogP contribution in [0, 0.1) is 0 Å². The summed E-state index contributed by atoms with van der Waals surface area (Å²) in [6, 6.07) is 7.13. The van der Waals surface area contributed by atoms with Gasteiger partial charge in [0.25, 0.3) is 0 Å². The van der Waals surface area contributed by atoms with Crippen molar-refractivity contribution in [2.45, 2.75) is 42.8 Å². The lowest BCUT2D eigenvalue weighted by Crippen LogP contribution is -2.24. The molecule has 2 aliphatic rings. The third-order valence-corrected chi connectivity index (χ3v) is 7.08. The molecule has 0 aliphatic heterocycles. The van der Waals surface area contributed by atoms with E-state index in [2.05, 4.69) is 14.8 Å². The molecule has 1 aromatic carbocycles. The first-order valence-electron chi connectivity index (χ1n) is 8.99. The van der Waals surface area contributed by atoms with E-state index < -0.39 is 10.0 Å². The van der Waals surface area contributed by atoms with Gasteiger partial charge in [0.05, 0.1) is 17.7 Å². The van der Waals surface area contributed by atoms with Gasteiger partial charge in [-0.1, -0.05) is 11.8 Å². The molecule has 0 spiro atoms. The summed E-state index contributed by atoms with van der Waals surface area (Å²) >= 11 is 1.43. The summed E-state index contributed by atoms with van der Waals surface area (Å²) in [6.45, 7) is 0. The summed E-state index contributed by atoms with van der Waals surface area (Å²) in [5, 5.41) is 9.52. The second-order valence-corrected chi connectivity index (χ2v) is 10.2. The summed E-state index contributed by atoms with van der Waals surface area (Å²) in [6.07, 6.45) is 5.84. The zero-order chi connectivity index (χ0) is 19.2. The predicted molar refractivity (Wildman–Crippen MR) is 105 cm³/mol. The van der Waals surface area contributed by atoms with Gasteiger partial charge in [0.2, 0.25) is 10.0 Å². The second-order valence-electron chi connectivity index (χ2n) is 7.21. The Hall–Kier alpha value is -1.87. The van der Waals surface area contributed by atoms with Gasteiger partial charge in [-0.3, -0.25) is 9.10 Å². The summed E-state index contributed by atoms with van der Waals surface area (Å²) in [7, 11) is -1.83. The lowest BCUT2D eigenvalue weighted by Gasteiger charge is -2.16. The maximum atomic E-state index is 12.5. The Morgan fingerprint density at radius 3 is 2.41 bits per heavy atom. The van der Waals surface area contributed by atoms with E-state index >= 15 is 0 Å². The number of sulfonamides is 1. The molecule has 9 heteroatoms. The van der Waals surface area contributed by atoms with Crippen LogP contribution in [0.25, 0.3) is 0 Å². The second kappa shape index (κ2) is 6.94. The molecule has 0 atom stereocenters. The molecule has 1 heterocycles. The molecule has 0 unspecified atom stereocenters. The van der Waals surface area contributed by atoms with Crippen molar-refractivity contribution in [3.63, 3.8) is 0 Å². The number of aromatic nitrogens is 3. The number of hydrogen-bond donors (Lipinski definition) is 0. The molecule has 0 saturated heterocycles. The highest BCUT2D eigenvalue weighted by molar-refractivity contribution is 7.99. The van der Waals surface area contributed by atoms with E-state index in [1.807, 2.05) is 0 Å². The molecule has 1 aromatic heterocycles. The van der Waals surface area contributed by atoms with Crippen LogP contribution < -0.4 is 4.31 Å². The van der Waals surface area contributed by atoms with Crippen LogP contribution in [-0.2, 0) is 10.0 Å². The standard InChI is InChI=1S/C18H22N4O3S2/c1-21(27(2,24)25)14-7-5-12(6-8-14)16(23)11-26-18-20-19-17(13-3-4-13)22(18)15-9-10-15/h5-8,13,15H,3-4,9-11H2,1-2H3. The Bertz CT molecular complexity index is 961. The van der Waals surface area contributed by atoms with Crippen molar-refractivity contribution >= 4 is 33.3 Å². The average Bonchev–Trinajstić information content (AvgIpc) is 3.57. The molecule has 7 nitrogen and oxygen atoms in total. The number of anilines is 1. The topological polar surface area (TPSA) is 85.2 Å². The van der Waals surface area contributed by atoms with E-state index in [1.165, 1.54) is 36.0 Å². The molecule has 2 aromatic rings. The maximum absolute atomic E-state index is 12.5. The van der Waals surface area contributed by atoms with Crippen LogP contribution in [0.5, 0.6) is 0 Å². The fourth-order valence-corrected chi connectivity index (χ4v) is 4.36. The van der Waals surface area contributed by atoms with Crippen molar-refractivity contribution in [1.82, 2.24) is 14.8 Å². The number of ketones is 1. The van der Waals surface area contributed by atoms with Crippen molar-refractivity contribution in [2.24, 2.45) is 0 Å². The van der Waals surface area contributed by atoms with Crippen LogP contribution >= 0.6 is 11.8 Å². The predicted octanol–water partition coefficient (Wildman–Crippen LogP) is 2.86. The third-order valence-electron chi connectivity index (χ3n) is 4.93. The van der Waals surface area contributed by atoms with Crippen LogP contribution in [-0.4, -0.2) is 48.0 Å². The highest BCUT2D eigenvalue weighted by Crippen LogP contribution is 2.46. The number of carbonyl (C=O) groups excluding carboxylic acids is 1. The first-order valence-corrected chi connectivity index (χ1v) is 11.8. The molecule has 2 saturated carbocycles. The summed E-state index contributed by atoms with van der Waals surface area (Å²) < 4.78 is 26.6. The van der Waals surface area contributed by atoms with Crippen molar-refractivity contribution in [2.75, 3.05) is 23.4 Å². The van der Waals surface area contributed by atoms with Crippen LogP contribution in [0.1, 0.15) is 53.8 Å². The normalized spacial score (nSPS) is 17.1. The Labute approximate surface area is 163 Å². The lowest BCUT2D eigenvalue weighted by molar-refractivity contribution is 0.102.